The Balaban J connectivity index is 2.01. The zero-order valence-electron chi connectivity index (χ0n) is 8.17. The van der Waals surface area contributed by atoms with E-state index in [0.717, 1.165) is 19.3 Å². The highest BCUT2D eigenvalue weighted by Crippen LogP contribution is 2.34. The lowest BCUT2D eigenvalue weighted by Gasteiger charge is -2.36. The van der Waals surface area contributed by atoms with Crippen LogP contribution in [0.1, 0.15) is 19.3 Å². The first kappa shape index (κ1) is 11.1. The maximum absolute atomic E-state index is 9.83. The lowest BCUT2D eigenvalue weighted by molar-refractivity contribution is -0.0663. The molecule has 1 saturated carbocycles. The smallest absolute Gasteiger partial charge is 0.139 e. The lowest BCUT2D eigenvalue weighted by atomic mass is 9.81. The maximum Gasteiger partial charge on any atom is 0.139 e. The summed E-state index contributed by atoms with van der Waals surface area (Å²) < 4.78 is 5.46. The molecule has 1 fully saturated rings. The van der Waals surface area contributed by atoms with Crippen molar-refractivity contribution in [3.8, 4) is 5.75 Å². The van der Waals surface area contributed by atoms with Gasteiger partial charge in [-0.25, -0.2) is 0 Å². The average molecular weight is 247 g/mol. The molecule has 1 N–H and O–H groups in total. The van der Waals surface area contributed by atoms with Gasteiger partial charge in [0.2, 0.25) is 0 Å². The van der Waals surface area contributed by atoms with Gasteiger partial charge < -0.3 is 9.84 Å². The molecule has 2 rings (SSSR count). The third-order valence-electron chi connectivity index (χ3n) is 2.67. The molecule has 2 nitrogen and oxygen atoms in total. The molecule has 0 heterocycles. The van der Waals surface area contributed by atoms with Crippen molar-refractivity contribution in [3.05, 3.63) is 28.2 Å². The Kier molecular flexibility index (Phi) is 3.10. The first-order valence-electron chi connectivity index (χ1n) is 4.89. The minimum atomic E-state index is -0.661. The highest BCUT2D eigenvalue weighted by Gasteiger charge is 2.35. The maximum atomic E-state index is 9.83. The Morgan fingerprint density at radius 2 is 2.07 bits per heavy atom. The molecule has 0 aromatic heterocycles. The van der Waals surface area contributed by atoms with Gasteiger partial charge in [0.25, 0.3) is 0 Å². The van der Waals surface area contributed by atoms with Crippen LogP contribution in [0.2, 0.25) is 10.0 Å². The molecule has 0 bridgehead atoms. The molecule has 1 aromatic rings. The van der Waals surface area contributed by atoms with Gasteiger partial charge in [-0.3, -0.25) is 0 Å². The van der Waals surface area contributed by atoms with Crippen LogP contribution in [-0.2, 0) is 0 Å². The van der Waals surface area contributed by atoms with E-state index in [1.54, 1.807) is 18.2 Å². The Labute approximate surface area is 98.8 Å². The van der Waals surface area contributed by atoms with Crippen molar-refractivity contribution in [2.45, 2.75) is 24.9 Å². The molecule has 1 aliphatic carbocycles. The van der Waals surface area contributed by atoms with Crippen LogP contribution in [0.15, 0.2) is 18.2 Å². The summed E-state index contributed by atoms with van der Waals surface area (Å²) >= 11 is 11.7. The minimum absolute atomic E-state index is 0.285. The van der Waals surface area contributed by atoms with Gasteiger partial charge in [0.15, 0.2) is 0 Å². The molecule has 0 radical (unpaired) electrons. The summed E-state index contributed by atoms with van der Waals surface area (Å²) in [5, 5.41) is 10.9. The summed E-state index contributed by atoms with van der Waals surface area (Å²) in [6.07, 6.45) is 2.65. The van der Waals surface area contributed by atoms with Crippen molar-refractivity contribution in [3.63, 3.8) is 0 Å². The molecular weight excluding hydrogens is 235 g/mol. The monoisotopic (exact) mass is 246 g/mol. The second-order valence-corrected chi connectivity index (χ2v) is 4.78. The van der Waals surface area contributed by atoms with Crippen molar-refractivity contribution >= 4 is 23.2 Å². The van der Waals surface area contributed by atoms with Crippen molar-refractivity contribution in [1.82, 2.24) is 0 Å². The Morgan fingerprint density at radius 1 is 1.33 bits per heavy atom. The fourth-order valence-electron chi connectivity index (χ4n) is 1.53. The summed E-state index contributed by atoms with van der Waals surface area (Å²) in [7, 11) is 0. The second kappa shape index (κ2) is 4.20. The third-order valence-corrected chi connectivity index (χ3v) is 3.22. The van der Waals surface area contributed by atoms with Crippen LogP contribution in [0.25, 0.3) is 0 Å². The van der Waals surface area contributed by atoms with E-state index in [-0.39, 0.29) is 6.61 Å². The molecule has 82 valence electrons. The number of halogens is 2. The molecule has 1 aliphatic rings. The number of aliphatic hydroxyl groups is 1. The zero-order valence-corrected chi connectivity index (χ0v) is 9.68. The van der Waals surface area contributed by atoms with Gasteiger partial charge in [-0.15, -0.1) is 0 Å². The molecule has 0 atom stereocenters. The highest BCUT2D eigenvalue weighted by atomic mass is 35.5. The van der Waals surface area contributed by atoms with Gasteiger partial charge in [-0.1, -0.05) is 23.2 Å². The van der Waals surface area contributed by atoms with Gasteiger partial charge in [-0.2, -0.15) is 0 Å². The Bertz CT molecular complexity index is 362. The van der Waals surface area contributed by atoms with Gasteiger partial charge >= 0.3 is 0 Å². The molecular formula is C11H12Cl2O2. The van der Waals surface area contributed by atoms with Crippen LogP contribution >= 0.6 is 23.2 Å². The van der Waals surface area contributed by atoms with Crippen LogP contribution in [0.3, 0.4) is 0 Å². The number of benzene rings is 1. The predicted octanol–water partition coefficient (Wildman–Crippen LogP) is 3.29. The highest BCUT2D eigenvalue weighted by molar-refractivity contribution is 6.34. The molecule has 0 saturated heterocycles. The Hall–Kier alpha value is -0.440. The molecule has 4 heteroatoms. The van der Waals surface area contributed by atoms with Crippen LogP contribution < -0.4 is 4.74 Å². The van der Waals surface area contributed by atoms with Crippen LogP contribution in [0.5, 0.6) is 5.75 Å². The number of hydrogen-bond donors (Lipinski definition) is 1. The Morgan fingerprint density at radius 3 is 2.67 bits per heavy atom. The van der Waals surface area contributed by atoms with E-state index in [1.807, 2.05) is 0 Å². The lowest BCUT2D eigenvalue weighted by Crippen LogP contribution is -2.42. The average Bonchev–Trinajstić information content (AvgIpc) is 2.17. The molecule has 0 spiro atoms. The van der Waals surface area contributed by atoms with Crippen LogP contribution in [-0.4, -0.2) is 17.3 Å². The van der Waals surface area contributed by atoms with Gasteiger partial charge in [-0.05, 0) is 31.4 Å². The molecule has 0 aliphatic heterocycles. The van der Waals surface area contributed by atoms with Crippen molar-refractivity contribution in [2.75, 3.05) is 6.61 Å². The number of hydrogen-bond acceptors (Lipinski definition) is 2. The van der Waals surface area contributed by atoms with Crippen molar-refractivity contribution in [1.29, 1.82) is 0 Å². The summed E-state index contributed by atoms with van der Waals surface area (Å²) in [4.78, 5) is 0. The normalized spacial score (nSPS) is 18.3. The quantitative estimate of drug-likeness (QED) is 0.888. The second-order valence-electron chi connectivity index (χ2n) is 3.94. The van der Waals surface area contributed by atoms with E-state index < -0.39 is 5.60 Å². The first-order valence-corrected chi connectivity index (χ1v) is 5.65. The van der Waals surface area contributed by atoms with Gasteiger partial charge in [0.05, 0.1) is 10.6 Å². The van der Waals surface area contributed by atoms with E-state index in [0.29, 0.717) is 15.8 Å². The summed E-state index contributed by atoms with van der Waals surface area (Å²) in [6.45, 7) is 0.285. The third kappa shape index (κ3) is 2.57. The molecule has 15 heavy (non-hydrogen) atoms. The fourth-order valence-corrected chi connectivity index (χ4v) is 1.86. The van der Waals surface area contributed by atoms with Crippen molar-refractivity contribution in [2.24, 2.45) is 0 Å². The first-order chi connectivity index (χ1) is 7.09. The van der Waals surface area contributed by atoms with E-state index in [1.165, 1.54) is 0 Å². The van der Waals surface area contributed by atoms with E-state index in [2.05, 4.69) is 0 Å². The standard InChI is InChI=1S/C11H12Cl2O2/c12-8-2-3-9(13)10(6-8)15-7-11(14)4-1-5-11/h2-3,6,14H,1,4-5,7H2. The van der Waals surface area contributed by atoms with E-state index >= 15 is 0 Å². The molecule has 0 unspecified atom stereocenters. The molecule has 1 aromatic carbocycles. The molecule has 0 amide bonds. The van der Waals surface area contributed by atoms with Crippen LogP contribution in [0, 0.1) is 0 Å². The number of rotatable bonds is 3. The topological polar surface area (TPSA) is 29.5 Å². The van der Waals surface area contributed by atoms with Gasteiger partial charge in [0.1, 0.15) is 12.4 Å². The summed E-state index contributed by atoms with van der Waals surface area (Å²) in [6, 6.07) is 5.05. The fraction of sp³-hybridized carbons (Fsp3) is 0.455. The largest absolute Gasteiger partial charge is 0.489 e. The summed E-state index contributed by atoms with van der Waals surface area (Å²) in [5.74, 6) is 0.532. The SMILES string of the molecule is OC1(COc2cc(Cl)ccc2Cl)CCC1. The number of ether oxygens (including phenoxy) is 1. The van der Waals surface area contributed by atoms with Gasteiger partial charge in [0, 0.05) is 11.1 Å². The van der Waals surface area contributed by atoms with E-state index in [9.17, 15) is 5.11 Å². The predicted molar refractivity (Wildman–Crippen MR) is 60.8 cm³/mol. The van der Waals surface area contributed by atoms with Crippen LogP contribution in [0.4, 0.5) is 0 Å². The summed E-state index contributed by atoms with van der Waals surface area (Å²) in [5.41, 5.74) is -0.661. The van der Waals surface area contributed by atoms with E-state index in [4.69, 9.17) is 27.9 Å². The van der Waals surface area contributed by atoms with Crippen molar-refractivity contribution < 1.29 is 9.84 Å². The zero-order chi connectivity index (χ0) is 10.9. The minimum Gasteiger partial charge on any atom is -0.489 e.